The molecule has 0 aromatic carbocycles. The van der Waals surface area contributed by atoms with E-state index in [1.165, 1.54) is 11.5 Å². The van der Waals surface area contributed by atoms with E-state index in [9.17, 15) is 4.79 Å². The zero-order chi connectivity index (χ0) is 13.8. The van der Waals surface area contributed by atoms with Crippen LogP contribution in [-0.4, -0.2) is 41.6 Å². The summed E-state index contributed by atoms with van der Waals surface area (Å²) in [5.41, 5.74) is 5.41. The topological polar surface area (TPSA) is 81.3 Å². The van der Waals surface area contributed by atoms with Crippen molar-refractivity contribution in [2.24, 2.45) is 11.7 Å². The quantitative estimate of drug-likeness (QED) is 0.865. The molecule has 1 amide bonds. The number of piperidine rings is 1. The molecule has 1 aromatic rings. The number of nitrogens with zero attached hydrogens (tertiary/aromatic N) is 3. The smallest absolute Gasteiger partial charge is 0.222 e. The van der Waals surface area contributed by atoms with Crippen LogP contribution in [0.1, 0.15) is 25.6 Å². The van der Waals surface area contributed by atoms with E-state index in [0.717, 1.165) is 23.8 Å². The fourth-order valence-electron chi connectivity index (χ4n) is 2.26. The normalized spacial score (nSPS) is 23.6. The van der Waals surface area contributed by atoms with Gasteiger partial charge in [0.25, 0.3) is 0 Å². The molecule has 2 heterocycles. The van der Waals surface area contributed by atoms with Gasteiger partial charge in [0.15, 0.2) is 0 Å². The number of nitrogens with two attached hydrogens (primary N) is 1. The second-order valence-electron chi connectivity index (χ2n) is 4.91. The molecule has 0 spiro atoms. The Morgan fingerprint density at radius 2 is 2.37 bits per heavy atom. The molecule has 6 nitrogen and oxygen atoms in total. The van der Waals surface area contributed by atoms with Gasteiger partial charge in [0.2, 0.25) is 11.0 Å². The predicted octanol–water partition coefficient (Wildman–Crippen LogP) is 0.817. The number of hydrogen-bond donors (Lipinski definition) is 1. The number of primary amides is 1. The summed E-state index contributed by atoms with van der Waals surface area (Å²) in [6, 6.07) is 0.374. The van der Waals surface area contributed by atoms with Crippen molar-refractivity contribution in [1.29, 1.82) is 0 Å². The third kappa shape index (κ3) is 3.42. The Bertz CT molecular complexity index is 437. The summed E-state index contributed by atoms with van der Waals surface area (Å²) in [4.78, 5) is 18.0. The zero-order valence-corrected chi connectivity index (χ0v) is 12.2. The van der Waals surface area contributed by atoms with Gasteiger partial charge in [-0.3, -0.25) is 4.79 Å². The fraction of sp³-hybridized carbons (Fsp3) is 0.750. The third-order valence-electron chi connectivity index (χ3n) is 3.52. The van der Waals surface area contributed by atoms with E-state index in [2.05, 4.69) is 21.2 Å². The summed E-state index contributed by atoms with van der Waals surface area (Å²) in [6.45, 7) is 3.42. The Morgan fingerprint density at radius 1 is 1.58 bits per heavy atom. The van der Waals surface area contributed by atoms with Crippen molar-refractivity contribution in [3.8, 4) is 0 Å². The molecule has 1 saturated heterocycles. The summed E-state index contributed by atoms with van der Waals surface area (Å²) in [7, 11) is 1.66. The number of carbonyl (C=O) groups excluding carboxylic acids is 1. The first-order valence-corrected chi connectivity index (χ1v) is 7.26. The predicted molar refractivity (Wildman–Crippen MR) is 74.2 cm³/mol. The van der Waals surface area contributed by atoms with Crippen molar-refractivity contribution in [2.45, 2.75) is 32.2 Å². The minimum absolute atomic E-state index is 0.0810. The second-order valence-corrected chi connectivity index (χ2v) is 5.64. The van der Waals surface area contributed by atoms with Crippen LogP contribution < -0.4 is 10.6 Å². The Balaban J connectivity index is 2.05. The highest BCUT2D eigenvalue weighted by atomic mass is 32.1. The van der Waals surface area contributed by atoms with Crippen molar-refractivity contribution in [3.63, 3.8) is 0 Å². The van der Waals surface area contributed by atoms with Crippen LogP contribution in [0.3, 0.4) is 0 Å². The van der Waals surface area contributed by atoms with Crippen LogP contribution in [0.15, 0.2) is 0 Å². The standard InChI is InChI=1S/C12H20N4O2S/c1-8-3-4-9(11(13)17)7-16(8)12-14-10(15-19-12)5-6-18-2/h8-9H,3-7H2,1-2H3,(H2,13,17)/t8-,9-/m0/s1. The number of aromatic nitrogens is 2. The van der Waals surface area contributed by atoms with Gasteiger partial charge in [-0.05, 0) is 19.8 Å². The Kier molecular flexibility index (Phi) is 4.71. The molecule has 106 valence electrons. The molecule has 1 fully saturated rings. The van der Waals surface area contributed by atoms with E-state index in [1.54, 1.807) is 7.11 Å². The second kappa shape index (κ2) is 6.29. The first-order chi connectivity index (χ1) is 9.11. The van der Waals surface area contributed by atoms with Gasteiger partial charge in [0.05, 0.1) is 12.5 Å². The molecule has 19 heavy (non-hydrogen) atoms. The lowest BCUT2D eigenvalue weighted by molar-refractivity contribution is -0.122. The number of hydrogen-bond acceptors (Lipinski definition) is 6. The van der Waals surface area contributed by atoms with Gasteiger partial charge in [-0.15, -0.1) is 0 Å². The molecule has 1 aliphatic rings. The van der Waals surface area contributed by atoms with E-state index in [0.29, 0.717) is 25.6 Å². The maximum atomic E-state index is 11.3. The number of methoxy groups -OCH3 is 1. The van der Waals surface area contributed by atoms with Crippen LogP contribution in [0, 0.1) is 5.92 Å². The molecule has 0 saturated carbocycles. The van der Waals surface area contributed by atoms with Crippen LogP contribution in [0.2, 0.25) is 0 Å². The molecule has 2 rings (SSSR count). The average Bonchev–Trinajstić information content (AvgIpc) is 2.85. The van der Waals surface area contributed by atoms with Crippen LogP contribution in [0.4, 0.5) is 5.13 Å². The first kappa shape index (κ1) is 14.2. The van der Waals surface area contributed by atoms with Gasteiger partial charge in [-0.25, -0.2) is 4.98 Å². The Labute approximate surface area is 117 Å². The number of ether oxygens (including phenoxy) is 1. The molecular weight excluding hydrogens is 264 g/mol. The minimum atomic E-state index is -0.221. The lowest BCUT2D eigenvalue weighted by atomic mass is 9.93. The van der Waals surface area contributed by atoms with E-state index in [-0.39, 0.29) is 11.8 Å². The summed E-state index contributed by atoms with van der Waals surface area (Å²) >= 11 is 1.38. The Hall–Kier alpha value is -1.21. The summed E-state index contributed by atoms with van der Waals surface area (Å²) in [5, 5.41) is 0.879. The highest BCUT2D eigenvalue weighted by Gasteiger charge is 2.30. The molecule has 0 radical (unpaired) electrons. The van der Waals surface area contributed by atoms with Crippen LogP contribution >= 0.6 is 11.5 Å². The van der Waals surface area contributed by atoms with Gasteiger partial charge in [0.1, 0.15) is 5.82 Å². The molecule has 1 aliphatic heterocycles. The lowest BCUT2D eigenvalue weighted by Gasteiger charge is -2.36. The van der Waals surface area contributed by atoms with Crippen molar-refractivity contribution < 1.29 is 9.53 Å². The van der Waals surface area contributed by atoms with E-state index in [1.807, 2.05) is 0 Å². The summed E-state index contributed by atoms with van der Waals surface area (Å²) < 4.78 is 9.35. The van der Waals surface area contributed by atoms with Crippen molar-refractivity contribution in [3.05, 3.63) is 5.82 Å². The molecular formula is C12H20N4O2S. The van der Waals surface area contributed by atoms with Crippen LogP contribution in [0.25, 0.3) is 0 Å². The average molecular weight is 284 g/mol. The first-order valence-electron chi connectivity index (χ1n) is 6.49. The molecule has 2 atom stereocenters. The lowest BCUT2D eigenvalue weighted by Crippen LogP contribution is -2.45. The SMILES string of the molecule is COCCc1nsc(N2C[C@@H](C(N)=O)CC[C@@H]2C)n1. The van der Waals surface area contributed by atoms with Gasteiger partial charge < -0.3 is 15.4 Å². The largest absolute Gasteiger partial charge is 0.384 e. The number of carbonyl (C=O) groups is 1. The van der Waals surface area contributed by atoms with Crippen molar-refractivity contribution in [2.75, 3.05) is 25.2 Å². The number of anilines is 1. The molecule has 2 N–H and O–H groups in total. The highest BCUT2D eigenvalue weighted by Crippen LogP contribution is 2.28. The molecule has 1 aromatic heterocycles. The number of amides is 1. The van der Waals surface area contributed by atoms with Crippen molar-refractivity contribution >= 4 is 22.6 Å². The zero-order valence-electron chi connectivity index (χ0n) is 11.3. The van der Waals surface area contributed by atoms with E-state index < -0.39 is 0 Å². The van der Waals surface area contributed by atoms with E-state index in [4.69, 9.17) is 10.5 Å². The fourth-order valence-corrected chi connectivity index (χ4v) is 3.09. The van der Waals surface area contributed by atoms with Gasteiger partial charge >= 0.3 is 0 Å². The van der Waals surface area contributed by atoms with Crippen molar-refractivity contribution in [1.82, 2.24) is 9.36 Å². The number of rotatable bonds is 5. The minimum Gasteiger partial charge on any atom is -0.384 e. The monoisotopic (exact) mass is 284 g/mol. The van der Waals surface area contributed by atoms with Crippen LogP contribution in [0.5, 0.6) is 0 Å². The van der Waals surface area contributed by atoms with Gasteiger partial charge in [-0.2, -0.15) is 4.37 Å². The van der Waals surface area contributed by atoms with Crippen LogP contribution in [-0.2, 0) is 16.0 Å². The molecule has 7 heteroatoms. The summed E-state index contributed by atoms with van der Waals surface area (Å²) in [5.74, 6) is 0.499. The molecule has 0 aliphatic carbocycles. The highest BCUT2D eigenvalue weighted by molar-refractivity contribution is 7.09. The maximum absolute atomic E-state index is 11.3. The Morgan fingerprint density at radius 3 is 3.05 bits per heavy atom. The summed E-state index contributed by atoms with van der Waals surface area (Å²) in [6.07, 6.45) is 2.54. The molecule has 0 bridgehead atoms. The van der Waals surface area contributed by atoms with Gasteiger partial charge in [-0.1, -0.05) is 0 Å². The molecule has 0 unspecified atom stereocenters. The van der Waals surface area contributed by atoms with Gasteiger partial charge in [0, 0.05) is 37.6 Å². The third-order valence-corrected chi connectivity index (χ3v) is 4.31. The maximum Gasteiger partial charge on any atom is 0.222 e. The van der Waals surface area contributed by atoms with E-state index >= 15 is 0 Å².